The van der Waals surface area contributed by atoms with Crippen molar-refractivity contribution in [3.8, 4) is 11.3 Å². The van der Waals surface area contributed by atoms with E-state index in [-0.39, 0.29) is 11.7 Å². The second kappa shape index (κ2) is 8.58. The highest BCUT2D eigenvalue weighted by Crippen LogP contribution is 2.27. The maximum Gasteiger partial charge on any atom is 0.239 e. The van der Waals surface area contributed by atoms with Gasteiger partial charge in [0.2, 0.25) is 5.91 Å². The third-order valence-corrected chi connectivity index (χ3v) is 5.86. The molecule has 0 aliphatic rings. The van der Waals surface area contributed by atoms with E-state index in [2.05, 4.69) is 20.5 Å². The Morgan fingerprint density at radius 1 is 1.34 bits per heavy atom. The van der Waals surface area contributed by atoms with Crippen LogP contribution in [0.25, 0.3) is 11.3 Å². The number of carbonyl (C=O) groups is 1. The summed E-state index contributed by atoms with van der Waals surface area (Å²) in [7, 11) is 0. The molecular formula is C19H16FN5O2S2. The molecule has 0 saturated carbocycles. The largest absolute Gasteiger partial charge is 0.467 e. The van der Waals surface area contributed by atoms with E-state index in [1.807, 2.05) is 22.1 Å². The molecule has 0 radical (unpaired) electrons. The number of hydrogen-bond donors (Lipinski definition) is 1. The number of furan rings is 1. The van der Waals surface area contributed by atoms with Gasteiger partial charge in [-0.3, -0.25) is 4.79 Å². The molecule has 1 unspecified atom stereocenters. The van der Waals surface area contributed by atoms with Crippen LogP contribution in [0.5, 0.6) is 0 Å². The second-order valence-electron chi connectivity index (χ2n) is 6.11. The van der Waals surface area contributed by atoms with Gasteiger partial charge in [0, 0.05) is 10.9 Å². The van der Waals surface area contributed by atoms with Gasteiger partial charge in [0.15, 0.2) is 10.3 Å². The van der Waals surface area contributed by atoms with Crippen LogP contribution in [0.3, 0.4) is 0 Å². The Morgan fingerprint density at radius 3 is 2.93 bits per heavy atom. The van der Waals surface area contributed by atoms with Gasteiger partial charge in [-0.2, -0.15) is 0 Å². The SMILES string of the molecule is CC(Sc1nncn1Cc1ccco1)C(=O)Nc1nc(-c2ccc(F)cc2)cs1. The molecule has 4 aromatic rings. The summed E-state index contributed by atoms with van der Waals surface area (Å²) in [5, 5.41) is 13.3. The van der Waals surface area contributed by atoms with Gasteiger partial charge in [0.25, 0.3) is 0 Å². The topological polar surface area (TPSA) is 85.8 Å². The fourth-order valence-electron chi connectivity index (χ4n) is 2.52. The zero-order valence-corrected chi connectivity index (χ0v) is 16.9. The van der Waals surface area contributed by atoms with Crippen molar-refractivity contribution in [3.05, 3.63) is 65.9 Å². The molecule has 29 heavy (non-hydrogen) atoms. The van der Waals surface area contributed by atoms with Crippen molar-refractivity contribution in [1.29, 1.82) is 0 Å². The molecule has 1 amide bonds. The molecule has 148 valence electrons. The summed E-state index contributed by atoms with van der Waals surface area (Å²) < 4.78 is 20.2. The van der Waals surface area contributed by atoms with Crippen LogP contribution in [-0.4, -0.2) is 30.9 Å². The van der Waals surface area contributed by atoms with Gasteiger partial charge in [-0.15, -0.1) is 21.5 Å². The van der Waals surface area contributed by atoms with Gasteiger partial charge in [-0.1, -0.05) is 11.8 Å². The quantitative estimate of drug-likeness (QED) is 0.441. The Balaban J connectivity index is 1.38. The van der Waals surface area contributed by atoms with Gasteiger partial charge in [-0.05, 0) is 43.3 Å². The van der Waals surface area contributed by atoms with Gasteiger partial charge in [0.05, 0.1) is 23.8 Å². The summed E-state index contributed by atoms with van der Waals surface area (Å²) in [5.74, 6) is 0.283. The first kappa shape index (κ1) is 19.3. The number of hydrogen-bond acceptors (Lipinski definition) is 7. The third-order valence-electron chi connectivity index (χ3n) is 4.01. The lowest BCUT2D eigenvalue weighted by molar-refractivity contribution is -0.115. The molecule has 0 spiro atoms. The minimum absolute atomic E-state index is 0.192. The minimum Gasteiger partial charge on any atom is -0.467 e. The van der Waals surface area contributed by atoms with Crippen LogP contribution in [0.2, 0.25) is 0 Å². The van der Waals surface area contributed by atoms with E-state index in [4.69, 9.17) is 4.42 Å². The highest BCUT2D eigenvalue weighted by molar-refractivity contribution is 8.00. The number of thiazole rings is 1. The Kier molecular flexibility index (Phi) is 5.72. The number of nitrogens with one attached hydrogen (secondary N) is 1. The van der Waals surface area contributed by atoms with Gasteiger partial charge in [0.1, 0.15) is 17.9 Å². The van der Waals surface area contributed by atoms with Gasteiger partial charge in [-0.25, -0.2) is 9.37 Å². The molecule has 10 heteroatoms. The third kappa shape index (κ3) is 4.72. The average Bonchev–Trinajstić information content (AvgIpc) is 3.46. The summed E-state index contributed by atoms with van der Waals surface area (Å²) in [6, 6.07) is 9.75. The smallest absolute Gasteiger partial charge is 0.239 e. The summed E-state index contributed by atoms with van der Waals surface area (Å²) in [4.78, 5) is 17.0. The van der Waals surface area contributed by atoms with E-state index in [9.17, 15) is 9.18 Å². The van der Waals surface area contributed by atoms with Crippen molar-refractivity contribution in [2.75, 3.05) is 5.32 Å². The second-order valence-corrected chi connectivity index (χ2v) is 8.28. The maximum absolute atomic E-state index is 13.1. The van der Waals surface area contributed by atoms with Crippen molar-refractivity contribution in [3.63, 3.8) is 0 Å². The van der Waals surface area contributed by atoms with Crippen molar-refractivity contribution in [1.82, 2.24) is 19.7 Å². The molecule has 0 bridgehead atoms. The zero-order valence-electron chi connectivity index (χ0n) is 15.3. The van der Waals surface area contributed by atoms with E-state index in [1.54, 1.807) is 31.6 Å². The zero-order chi connectivity index (χ0) is 20.2. The summed E-state index contributed by atoms with van der Waals surface area (Å²) in [6.07, 6.45) is 3.21. The molecule has 0 saturated heterocycles. The number of benzene rings is 1. The van der Waals surface area contributed by atoms with Crippen LogP contribution in [0.1, 0.15) is 12.7 Å². The van der Waals surface area contributed by atoms with E-state index in [1.165, 1.54) is 35.2 Å². The van der Waals surface area contributed by atoms with Crippen LogP contribution in [0.15, 0.2) is 63.9 Å². The maximum atomic E-state index is 13.1. The summed E-state index contributed by atoms with van der Waals surface area (Å²) in [6.45, 7) is 2.28. The number of anilines is 1. The van der Waals surface area contributed by atoms with E-state index < -0.39 is 5.25 Å². The fourth-order valence-corrected chi connectivity index (χ4v) is 4.06. The van der Waals surface area contributed by atoms with Crippen LogP contribution < -0.4 is 5.32 Å². The number of amides is 1. The lowest BCUT2D eigenvalue weighted by Gasteiger charge is -2.10. The van der Waals surface area contributed by atoms with Crippen LogP contribution in [-0.2, 0) is 11.3 Å². The first-order valence-corrected chi connectivity index (χ1v) is 10.4. The van der Waals surface area contributed by atoms with Crippen LogP contribution in [0.4, 0.5) is 9.52 Å². The molecule has 0 aliphatic carbocycles. The molecule has 4 rings (SSSR count). The molecular weight excluding hydrogens is 413 g/mol. The van der Waals surface area contributed by atoms with Gasteiger partial charge < -0.3 is 14.3 Å². The van der Waals surface area contributed by atoms with E-state index >= 15 is 0 Å². The monoisotopic (exact) mass is 429 g/mol. The predicted octanol–water partition coefficient (Wildman–Crippen LogP) is 4.30. The van der Waals surface area contributed by atoms with Crippen LogP contribution >= 0.6 is 23.1 Å². The minimum atomic E-state index is -0.410. The van der Waals surface area contributed by atoms with Crippen LogP contribution in [0, 0.1) is 5.82 Å². The first-order valence-electron chi connectivity index (χ1n) is 8.67. The molecule has 3 heterocycles. The molecule has 3 aromatic heterocycles. The van der Waals surface area contributed by atoms with Crippen molar-refractivity contribution in [2.24, 2.45) is 0 Å². The fraction of sp³-hybridized carbons (Fsp3) is 0.158. The van der Waals surface area contributed by atoms with Gasteiger partial charge >= 0.3 is 0 Å². The number of thioether (sulfide) groups is 1. The van der Waals surface area contributed by atoms with Crippen molar-refractivity contribution < 1.29 is 13.6 Å². The molecule has 0 aliphatic heterocycles. The predicted molar refractivity (Wildman–Crippen MR) is 109 cm³/mol. The number of aromatic nitrogens is 4. The number of nitrogens with zero attached hydrogens (tertiary/aromatic N) is 4. The standard InChI is InChI=1S/C19H16FN5O2S2/c1-12(29-19-24-21-11-25(19)9-15-3-2-8-27-15)17(26)23-18-22-16(10-28-18)13-4-6-14(20)7-5-13/h2-8,10-12H,9H2,1H3,(H,22,23,26). The highest BCUT2D eigenvalue weighted by atomic mass is 32.2. The lowest BCUT2D eigenvalue weighted by atomic mass is 10.2. The number of halogens is 1. The van der Waals surface area contributed by atoms with E-state index in [0.29, 0.717) is 22.5 Å². The van der Waals surface area contributed by atoms with Crippen molar-refractivity contribution >= 4 is 34.1 Å². The van der Waals surface area contributed by atoms with Crippen molar-refractivity contribution in [2.45, 2.75) is 23.9 Å². The molecule has 1 N–H and O–H groups in total. The first-order chi connectivity index (χ1) is 14.1. The molecule has 0 fully saturated rings. The average molecular weight is 430 g/mol. The number of carbonyl (C=O) groups excluding carboxylic acids is 1. The summed E-state index contributed by atoms with van der Waals surface area (Å²) >= 11 is 2.62. The molecule has 1 aromatic carbocycles. The Bertz CT molecular complexity index is 1090. The summed E-state index contributed by atoms with van der Waals surface area (Å²) in [5.41, 5.74) is 1.47. The molecule has 7 nitrogen and oxygen atoms in total. The highest BCUT2D eigenvalue weighted by Gasteiger charge is 2.19. The molecule has 1 atom stereocenters. The lowest BCUT2D eigenvalue weighted by Crippen LogP contribution is -2.22. The Hall–Kier alpha value is -2.98. The number of rotatable bonds is 7. The normalized spacial score (nSPS) is 12.1. The Morgan fingerprint density at radius 2 is 2.17 bits per heavy atom. The Labute approximate surface area is 174 Å². The van der Waals surface area contributed by atoms with E-state index in [0.717, 1.165) is 11.3 Å².